The molecule has 0 radical (unpaired) electrons. The summed E-state index contributed by atoms with van der Waals surface area (Å²) in [5.74, 6) is 0.770. The van der Waals surface area contributed by atoms with E-state index in [0.717, 1.165) is 23.5 Å². The van der Waals surface area contributed by atoms with E-state index in [1.807, 2.05) is 30.3 Å². The van der Waals surface area contributed by atoms with Crippen LogP contribution < -0.4 is 0 Å². The maximum atomic E-state index is 5.94. The van der Waals surface area contributed by atoms with Gasteiger partial charge in [0.1, 0.15) is 10.5 Å². The van der Waals surface area contributed by atoms with Gasteiger partial charge in [0.2, 0.25) is 0 Å². The third kappa shape index (κ3) is 2.49. The zero-order chi connectivity index (χ0) is 11.5. The van der Waals surface area contributed by atoms with Crippen LogP contribution in [0, 0.1) is 4.64 Å². The van der Waals surface area contributed by atoms with Crippen molar-refractivity contribution in [3.8, 4) is 11.4 Å². The van der Waals surface area contributed by atoms with Gasteiger partial charge < -0.3 is 4.98 Å². The van der Waals surface area contributed by atoms with Crippen molar-refractivity contribution in [2.45, 2.75) is 13.3 Å². The zero-order valence-corrected chi connectivity index (χ0v) is 10.4. The highest BCUT2D eigenvalue weighted by Gasteiger charge is 2.02. The number of aryl methyl sites for hydroxylation is 1. The number of aromatic amines is 1. The van der Waals surface area contributed by atoms with Crippen molar-refractivity contribution in [3.05, 3.63) is 45.7 Å². The van der Waals surface area contributed by atoms with Gasteiger partial charge in [0.15, 0.2) is 0 Å². The first kappa shape index (κ1) is 11.3. The van der Waals surface area contributed by atoms with E-state index < -0.39 is 0 Å². The molecule has 0 bridgehead atoms. The Morgan fingerprint density at radius 3 is 2.88 bits per heavy atom. The Morgan fingerprint density at radius 2 is 2.19 bits per heavy atom. The van der Waals surface area contributed by atoms with Crippen LogP contribution in [0.1, 0.15) is 12.6 Å². The Morgan fingerprint density at radius 1 is 1.38 bits per heavy atom. The monoisotopic (exact) mass is 250 g/mol. The standard InChI is InChI=1S/C12H11ClN2S/c1-2-10-7-11(16)15-12(14-10)8-4-3-5-9(13)6-8/h3-7H,2H2,1H3,(H,14,15,16). The van der Waals surface area contributed by atoms with E-state index in [1.54, 1.807) is 0 Å². The molecular formula is C12H11ClN2S. The maximum Gasteiger partial charge on any atom is 0.139 e. The molecule has 0 aliphatic carbocycles. The summed E-state index contributed by atoms with van der Waals surface area (Å²) >= 11 is 11.1. The summed E-state index contributed by atoms with van der Waals surface area (Å²) in [6.45, 7) is 2.07. The van der Waals surface area contributed by atoms with Crippen molar-refractivity contribution in [2.75, 3.05) is 0 Å². The van der Waals surface area contributed by atoms with Crippen LogP contribution in [0.5, 0.6) is 0 Å². The molecule has 1 N–H and O–H groups in total. The van der Waals surface area contributed by atoms with Gasteiger partial charge in [0.25, 0.3) is 0 Å². The number of hydrogen-bond acceptors (Lipinski definition) is 2. The summed E-state index contributed by atoms with van der Waals surface area (Å²) in [6, 6.07) is 9.44. The normalized spacial score (nSPS) is 10.4. The number of H-pyrrole nitrogens is 1. The molecule has 0 aliphatic rings. The van der Waals surface area contributed by atoms with E-state index in [-0.39, 0.29) is 0 Å². The molecule has 0 atom stereocenters. The van der Waals surface area contributed by atoms with Crippen LogP contribution in [-0.2, 0) is 6.42 Å². The second kappa shape index (κ2) is 4.76. The van der Waals surface area contributed by atoms with Gasteiger partial charge >= 0.3 is 0 Å². The largest absolute Gasteiger partial charge is 0.343 e. The van der Waals surface area contributed by atoms with Gasteiger partial charge in [0, 0.05) is 16.3 Å². The summed E-state index contributed by atoms with van der Waals surface area (Å²) in [6.07, 6.45) is 0.903. The van der Waals surface area contributed by atoms with Crippen molar-refractivity contribution in [1.82, 2.24) is 9.97 Å². The summed E-state index contributed by atoms with van der Waals surface area (Å²) in [5, 5.41) is 0.695. The van der Waals surface area contributed by atoms with Crippen molar-refractivity contribution in [1.29, 1.82) is 0 Å². The van der Waals surface area contributed by atoms with Crippen LogP contribution in [0.15, 0.2) is 30.3 Å². The molecule has 1 aromatic carbocycles. The number of halogens is 1. The average Bonchev–Trinajstić information content (AvgIpc) is 2.28. The predicted octanol–water partition coefficient (Wildman–Crippen LogP) is 4.02. The van der Waals surface area contributed by atoms with Crippen molar-refractivity contribution >= 4 is 23.8 Å². The number of aromatic nitrogens is 2. The Labute approximate surface area is 104 Å². The molecule has 2 rings (SSSR count). The molecule has 0 fully saturated rings. The third-order valence-electron chi connectivity index (χ3n) is 2.28. The van der Waals surface area contributed by atoms with Crippen molar-refractivity contribution in [3.63, 3.8) is 0 Å². The number of benzene rings is 1. The molecule has 0 amide bonds. The number of nitrogens with zero attached hydrogens (tertiary/aromatic N) is 1. The van der Waals surface area contributed by atoms with Gasteiger partial charge in [-0.25, -0.2) is 4.98 Å². The fourth-order valence-electron chi connectivity index (χ4n) is 1.47. The van der Waals surface area contributed by atoms with Crippen LogP contribution in [0.2, 0.25) is 5.02 Å². The fourth-order valence-corrected chi connectivity index (χ4v) is 1.89. The molecule has 0 aliphatic heterocycles. The van der Waals surface area contributed by atoms with Crippen LogP contribution in [0.4, 0.5) is 0 Å². The summed E-state index contributed by atoms with van der Waals surface area (Å²) in [7, 11) is 0. The lowest BCUT2D eigenvalue weighted by Gasteiger charge is -2.04. The molecule has 82 valence electrons. The molecule has 2 aromatic rings. The molecule has 16 heavy (non-hydrogen) atoms. The van der Waals surface area contributed by atoms with Crippen LogP contribution in [0.3, 0.4) is 0 Å². The minimum absolute atomic E-state index is 0.602. The molecule has 0 spiro atoms. The lowest BCUT2D eigenvalue weighted by atomic mass is 10.2. The summed E-state index contributed by atoms with van der Waals surface area (Å²) in [4.78, 5) is 7.54. The van der Waals surface area contributed by atoms with E-state index >= 15 is 0 Å². The lowest BCUT2D eigenvalue weighted by Crippen LogP contribution is -1.94. The maximum absolute atomic E-state index is 5.94. The summed E-state index contributed by atoms with van der Waals surface area (Å²) < 4.78 is 0.602. The van der Waals surface area contributed by atoms with E-state index in [2.05, 4.69) is 16.9 Å². The molecule has 1 aromatic heterocycles. The second-order valence-corrected chi connectivity index (χ2v) is 4.31. The quantitative estimate of drug-likeness (QED) is 0.816. The minimum atomic E-state index is 0.602. The van der Waals surface area contributed by atoms with E-state index in [1.165, 1.54) is 0 Å². The topological polar surface area (TPSA) is 28.7 Å². The predicted molar refractivity (Wildman–Crippen MR) is 69.2 cm³/mol. The van der Waals surface area contributed by atoms with Gasteiger partial charge in [-0.05, 0) is 24.6 Å². The Bertz CT molecular complexity index is 563. The first-order valence-corrected chi connectivity index (χ1v) is 5.84. The van der Waals surface area contributed by atoms with Gasteiger partial charge in [-0.2, -0.15) is 0 Å². The van der Waals surface area contributed by atoms with E-state index in [0.29, 0.717) is 9.66 Å². The molecule has 0 saturated carbocycles. The first-order chi connectivity index (χ1) is 7.69. The third-order valence-corrected chi connectivity index (χ3v) is 2.72. The Hall–Kier alpha value is -1.19. The van der Waals surface area contributed by atoms with Crippen LogP contribution >= 0.6 is 23.8 Å². The van der Waals surface area contributed by atoms with Gasteiger partial charge in [-0.1, -0.05) is 42.9 Å². The van der Waals surface area contributed by atoms with Crippen molar-refractivity contribution in [2.24, 2.45) is 0 Å². The minimum Gasteiger partial charge on any atom is -0.343 e. The van der Waals surface area contributed by atoms with Crippen LogP contribution in [0.25, 0.3) is 11.4 Å². The van der Waals surface area contributed by atoms with Gasteiger partial charge in [-0.15, -0.1) is 0 Å². The highest BCUT2D eigenvalue weighted by Crippen LogP contribution is 2.19. The highest BCUT2D eigenvalue weighted by molar-refractivity contribution is 7.71. The molecular weight excluding hydrogens is 240 g/mol. The number of hydrogen-bond donors (Lipinski definition) is 1. The lowest BCUT2D eigenvalue weighted by molar-refractivity contribution is 0.999. The highest BCUT2D eigenvalue weighted by atomic mass is 35.5. The molecule has 0 unspecified atom stereocenters. The molecule has 1 heterocycles. The number of rotatable bonds is 2. The van der Waals surface area contributed by atoms with Gasteiger partial charge in [0.05, 0.1) is 0 Å². The van der Waals surface area contributed by atoms with Gasteiger partial charge in [-0.3, -0.25) is 0 Å². The number of nitrogens with one attached hydrogen (secondary N) is 1. The fraction of sp³-hybridized carbons (Fsp3) is 0.167. The van der Waals surface area contributed by atoms with Crippen LogP contribution in [-0.4, -0.2) is 9.97 Å². The molecule has 0 saturated heterocycles. The van der Waals surface area contributed by atoms with E-state index in [9.17, 15) is 0 Å². The SMILES string of the molecule is CCc1cc(=S)nc(-c2cccc(Cl)c2)[nH]1. The second-order valence-electron chi connectivity index (χ2n) is 3.46. The Kier molecular flexibility index (Phi) is 3.36. The average molecular weight is 251 g/mol. The first-order valence-electron chi connectivity index (χ1n) is 5.05. The zero-order valence-electron chi connectivity index (χ0n) is 8.83. The Balaban J connectivity index is 2.55. The smallest absolute Gasteiger partial charge is 0.139 e. The van der Waals surface area contributed by atoms with Crippen molar-refractivity contribution < 1.29 is 0 Å². The molecule has 2 nitrogen and oxygen atoms in total. The molecule has 4 heteroatoms. The summed E-state index contributed by atoms with van der Waals surface area (Å²) in [5.41, 5.74) is 2.03. The van der Waals surface area contributed by atoms with E-state index in [4.69, 9.17) is 23.8 Å².